The summed E-state index contributed by atoms with van der Waals surface area (Å²) in [6.07, 6.45) is 2.12. The molecule has 0 aliphatic carbocycles. The van der Waals surface area contributed by atoms with E-state index in [0.29, 0.717) is 22.9 Å². The van der Waals surface area contributed by atoms with E-state index in [4.69, 9.17) is 10.8 Å². The van der Waals surface area contributed by atoms with Crippen LogP contribution in [-0.4, -0.2) is 46.7 Å². The van der Waals surface area contributed by atoms with Crippen LogP contribution in [0.15, 0.2) is 30.5 Å². The molecule has 26 heavy (non-hydrogen) atoms. The summed E-state index contributed by atoms with van der Waals surface area (Å²) in [6.45, 7) is -0.282. The zero-order chi connectivity index (χ0) is 19.1. The van der Waals surface area contributed by atoms with Gasteiger partial charge in [-0.25, -0.2) is 0 Å². The number of nitrogens with two attached hydrogens (primary N) is 1. The first kappa shape index (κ1) is 18.8. The maximum atomic E-state index is 12.5. The molecule has 9 nitrogen and oxygen atoms in total. The third-order valence-corrected chi connectivity index (χ3v) is 3.63. The number of carbonyl (C=O) groups is 4. The molecule has 2 rings (SSSR count). The van der Waals surface area contributed by atoms with Crippen molar-refractivity contribution < 1.29 is 24.3 Å². The number of hydrogen-bond donors (Lipinski definition) is 4. The number of aliphatic carboxylic acids is 1. The van der Waals surface area contributed by atoms with E-state index in [1.807, 2.05) is 0 Å². The van der Waals surface area contributed by atoms with Gasteiger partial charge in [0.1, 0.15) is 12.8 Å². The highest BCUT2D eigenvalue weighted by molar-refractivity contribution is 6.09. The van der Waals surface area contributed by atoms with Crippen LogP contribution in [0, 0.1) is 0 Å². The SMILES string of the molecule is NC(=O)CCC(C=O)NC(=O)c1ccc(NCC(=O)O)c2cccnc12. The van der Waals surface area contributed by atoms with Gasteiger partial charge >= 0.3 is 5.97 Å². The number of benzene rings is 1. The zero-order valence-corrected chi connectivity index (χ0v) is 13.8. The van der Waals surface area contributed by atoms with Crippen molar-refractivity contribution in [2.24, 2.45) is 5.73 Å². The fraction of sp³-hybridized carbons (Fsp3) is 0.235. The number of nitrogens with zero attached hydrogens (tertiary/aromatic N) is 1. The Labute approximate surface area is 148 Å². The molecule has 1 heterocycles. The average Bonchev–Trinajstić information content (AvgIpc) is 2.62. The van der Waals surface area contributed by atoms with E-state index in [2.05, 4.69) is 15.6 Å². The molecule has 2 amide bonds. The molecule has 0 aliphatic rings. The van der Waals surface area contributed by atoms with Crippen LogP contribution >= 0.6 is 0 Å². The summed E-state index contributed by atoms with van der Waals surface area (Å²) in [5.74, 6) is -2.11. The van der Waals surface area contributed by atoms with Crippen molar-refractivity contribution in [3.05, 3.63) is 36.0 Å². The number of fused-ring (bicyclic) bond motifs is 1. The van der Waals surface area contributed by atoms with Gasteiger partial charge in [-0.15, -0.1) is 0 Å². The van der Waals surface area contributed by atoms with Crippen molar-refractivity contribution in [3.63, 3.8) is 0 Å². The van der Waals surface area contributed by atoms with Gasteiger partial charge in [-0.1, -0.05) is 0 Å². The smallest absolute Gasteiger partial charge is 0.322 e. The number of carboxylic acid groups (broad SMARTS) is 1. The number of primary amides is 1. The zero-order valence-electron chi connectivity index (χ0n) is 13.8. The number of pyridine rings is 1. The molecule has 0 bridgehead atoms. The molecule has 0 fully saturated rings. The van der Waals surface area contributed by atoms with Gasteiger partial charge in [0.15, 0.2) is 0 Å². The summed E-state index contributed by atoms with van der Waals surface area (Å²) in [7, 11) is 0. The first-order valence-electron chi connectivity index (χ1n) is 7.80. The third-order valence-electron chi connectivity index (χ3n) is 3.63. The Balaban J connectivity index is 2.27. The van der Waals surface area contributed by atoms with Crippen LogP contribution in [0.1, 0.15) is 23.2 Å². The van der Waals surface area contributed by atoms with Crippen molar-refractivity contribution in [2.75, 3.05) is 11.9 Å². The van der Waals surface area contributed by atoms with Crippen molar-refractivity contribution in [2.45, 2.75) is 18.9 Å². The van der Waals surface area contributed by atoms with Crippen LogP contribution in [0.3, 0.4) is 0 Å². The fourth-order valence-electron chi connectivity index (χ4n) is 2.40. The quantitative estimate of drug-likeness (QED) is 0.470. The normalized spacial score (nSPS) is 11.5. The van der Waals surface area contributed by atoms with Crippen molar-refractivity contribution >= 4 is 40.7 Å². The van der Waals surface area contributed by atoms with Crippen LogP contribution in [0.2, 0.25) is 0 Å². The molecule has 5 N–H and O–H groups in total. The molecule has 0 saturated heterocycles. The summed E-state index contributed by atoms with van der Waals surface area (Å²) in [5, 5.41) is 14.7. The van der Waals surface area contributed by atoms with Crippen molar-refractivity contribution in [1.82, 2.24) is 10.3 Å². The maximum absolute atomic E-state index is 12.5. The molecular weight excluding hydrogens is 340 g/mol. The van der Waals surface area contributed by atoms with Crippen LogP contribution in [-0.2, 0) is 14.4 Å². The van der Waals surface area contributed by atoms with E-state index in [0.717, 1.165) is 0 Å². The summed E-state index contributed by atoms with van der Waals surface area (Å²) >= 11 is 0. The molecule has 0 aliphatic heterocycles. The number of anilines is 1. The second-order valence-electron chi connectivity index (χ2n) is 5.53. The highest BCUT2D eigenvalue weighted by Gasteiger charge is 2.18. The standard InChI is InChI=1S/C17H18N4O5/c18-14(23)6-3-10(9-22)21-17(26)12-4-5-13(20-8-15(24)25)11-2-1-7-19-16(11)12/h1-2,4-5,7,9-10,20H,3,6,8H2,(H2,18,23)(H,21,26)(H,24,25). The van der Waals surface area contributed by atoms with Crippen molar-refractivity contribution in [3.8, 4) is 0 Å². The van der Waals surface area contributed by atoms with Crippen LogP contribution in [0.4, 0.5) is 5.69 Å². The first-order chi connectivity index (χ1) is 12.4. The predicted molar refractivity (Wildman–Crippen MR) is 93.6 cm³/mol. The molecule has 136 valence electrons. The van der Waals surface area contributed by atoms with Gasteiger partial charge in [0.05, 0.1) is 17.1 Å². The minimum absolute atomic E-state index is 0.0271. The molecule has 1 aromatic heterocycles. The van der Waals surface area contributed by atoms with Crippen LogP contribution in [0.25, 0.3) is 10.9 Å². The second kappa shape index (κ2) is 8.56. The van der Waals surface area contributed by atoms with E-state index in [-0.39, 0.29) is 24.9 Å². The van der Waals surface area contributed by atoms with Gasteiger partial charge < -0.3 is 26.3 Å². The van der Waals surface area contributed by atoms with Gasteiger partial charge in [0, 0.05) is 23.7 Å². The Hall–Kier alpha value is -3.49. The fourth-order valence-corrected chi connectivity index (χ4v) is 2.40. The lowest BCUT2D eigenvalue weighted by molar-refractivity contribution is -0.135. The molecule has 1 atom stereocenters. The van der Waals surface area contributed by atoms with Gasteiger partial charge in [-0.3, -0.25) is 19.4 Å². The number of hydrogen-bond acceptors (Lipinski definition) is 6. The first-order valence-corrected chi connectivity index (χ1v) is 7.80. The number of nitrogens with one attached hydrogen (secondary N) is 2. The Morgan fingerprint density at radius 1 is 1.27 bits per heavy atom. The number of amides is 2. The van der Waals surface area contributed by atoms with E-state index in [1.54, 1.807) is 18.2 Å². The maximum Gasteiger partial charge on any atom is 0.322 e. The van der Waals surface area contributed by atoms with Gasteiger partial charge in [0.25, 0.3) is 5.91 Å². The predicted octanol–water partition coefficient (Wildman–Crippen LogP) is 0.294. The lowest BCUT2D eigenvalue weighted by atomic mass is 10.1. The minimum atomic E-state index is -1.02. The topological polar surface area (TPSA) is 151 Å². The Morgan fingerprint density at radius 3 is 2.69 bits per heavy atom. The third kappa shape index (κ3) is 4.76. The molecule has 0 radical (unpaired) electrons. The van der Waals surface area contributed by atoms with E-state index >= 15 is 0 Å². The Kier molecular flexibility index (Phi) is 6.20. The molecule has 2 aromatic rings. The summed E-state index contributed by atoms with van der Waals surface area (Å²) in [6, 6.07) is 5.58. The monoisotopic (exact) mass is 358 g/mol. The lowest BCUT2D eigenvalue weighted by Crippen LogP contribution is -2.37. The number of aldehydes is 1. The van der Waals surface area contributed by atoms with E-state index in [9.17, 15) is 19.2 Å². The summed E-state index contributed by atoms with van der Waals surface area (Å²) in [4.78, 5) is 49.4. The van der Waals surface area contributed by atoms with E-state index in [1.165, 1.54) is 12.3 Å². The number of carboxylic acids is 1. The number of carbonyl (C=O) groups excluding carboxylic acids is 3. The van der Waals surface area contributed by atoms with Gasteiger partial charge in [0.2, 0.25) is 5.91 Å². The Bertz CT molecular complexity index is 852. The lowest BCUT2D eigenvalue weighted by Gasteiger charge is -2.14. The molecule has 1 unspecified atom stereocenters. The second-order valence-corrected chi connectivity index (χ2v) is 5.53. The number of aromatic nitrogens is 1. The minimum Gasteiger partial charge on any atom is -0.480 e. The number of rotatable bonds is 9. The molecule has 0 saturated carbocycles. The van der Waals surface area contributed by atoms with Crippen LogP contribution in [0.5, 0.6) is 0 Å². The average molecular weight is 358 g/mol. The molecule has 0 spiro atoms. The van der Waals surface area contributed by atoms with Crippen molar-refractivity contribution in [1.29, 1.82) is 0 Å². The highest BCUT2D eigenvalue weighted by Crippen LogP contribution is 2.25. The van der Waals surface area contributed by atoms with E-state index < -0.39 is 23.8 Å². The highest BCUT2D eigenvalue weighted by atomic mass is 16.4. The molecular formula is C17H18N4O5. The Morgan fingerprint density at radius 2 is 2.04 bits per heavy atom. The van der Waals surface area contributed by atoms with Gasteiger partial charge in [-0.2, -0.15) is 0 Å². The summed E-state index contributed by atoms with van der Waals surface area (Å²) in [5.41, 5.74) is 6.16. The van der Waals surface area contributed by atoms with Gasteiger partial charge in [-0.05, 0) is 30.7 Å². The molecule has 1 aromatic carbocycles. The summed E-state index contributed by atoms with van der Waals surface area (Å²) < 4.78 is 0. The van der Waals surface area contributed by atoms with Crippen LogP contribution < -0.4 is 16.4 Å². The molecule has 9 heteroatoms. The largest absolute Gasteiger partial charge is 0.480 e.